The smallest absolute Gasteiger partial charge is 0.140 e. The minimum Gasteiger partial charge on any atom is -0.484 e. The Bertz CT molecular complexity index is 651. The Morgan fingerprint density at radius 3 is 2.67 bits per heavy atom. The predicted octanol–water partition coefficient (Wildman–Crippen LogP) is 4.18. The van der Waals surface area contributed by atoms with Crippen molar-refractivity contribution in [3.05, 3.63) is 64.1 Å². The van der Waals surface area contributed by atoms with Crippen LogP contribution in [0.2, 0.25) is 0 Å². The van der Waals surface area contributed by atoms with E-state index in [1.54, 1.807) is 12.1 Å². The Balaban J connectivity index is 2.33. The van der Waals surface area contributed by atoms with Gasteiger partial charge in [-0.15, -0.1) is 0 Å². The van der Waals surface area contributed by atoms with Crippen molar-refractivity contribution in [1.29, 1.82) is 5.26 Å². The molecular weight excluding hydrogens is 328 g/mol. The lowest BCUT2D eigenvalue weighted by Gasteiger charge is -2.25. The molecule has 2 atom stereocenters. The van der Waals surface area contributed by atoms with Gasteiger partial charge in [-0.2, -0.15) is 5.26 Å². The first kappa shape index (κ1) is 15.6. The summed E-state index contributed by atoms with van der Waals surface area (Å²) < 4.78 is 7.04. The second kappa shape index (κ2) is 7.26. The van der Waals surface area contributed by atoms with Crippen LogP contribution in [0.5, 0.6) is 5.75 Å². The van der Waals surface area contributed by atoms with Crippen LogP contribution in [0, 0.1) is 11.3 Å². The number of nitrogens with two attached hydrogens (primary N) is 1. The summed E-state index contributed by atoms with van der Waals surface area (Å²) in [7, 11) is 0. The third-order valence-corrected chi connectivity index (χ3v) is 4.02. The van der Waals surface area contributed by atoms with E-state index in [0.29, 0.717) is 11.3 Å². The molecule has 4 heteroatoms. The highest BCUT2D eigenvalue weighted by Gasteiger charge is 2.22. The van der Waals surface area contributed by atoms with Crippen molar-refractivity contribution in [3.63, 3.8) is 0 Å². The summed E-state index contributed by atoms with van der Waals surface area (Å²) in [6.45, 7) is 2.03. The number of hydrogen-bond acceptors (Lipinski definition) is 3. The van der Waals surface area contributed by atoms with Gasteiger partial charge in [-0.25, -0.2) is 0 Å². The molecule has 2 rings (SSSR count). The Kier molecular flexibility index (Phi) is 5.38. The van der Waals surface area contributed by atoms with Crippen LogP contribution in [-0.4, -0.2) is 6.04 Å². The van der Waals surface area contributed by atoms with Crippen molar-refractivity contribution in [3.8, 4) is 11.8 Å². The average molecular weight is 345 g/mol. The van der Waals surface area contributed by atoms with Crippen LogP contribution >= 0.6 is 15.9 Å². The highest BCUT2D eigenvalue weighted by Crippen LogP contribution is 2.30. The largest absolute Gasteiger partial charge is 0.484 e. The van der Waals surface area contributed by atoms with E-state index >= 15 is 0 Å². The van der Waals surface area contributed by atoms with Gasteiger partial charge in [0.2, 0.25) is 0 Å². The lowest BCUT2D eigenvalue weighted by Crippen LogP contribution is -2.31. The lowest BCUT2D eigenvalue weighted by atomic mass is 10.0. The second-order valence-corrected chi connectivity index (χ2v) is 5.63. The van der Waals surface area contributed by atoms with Crippen LogP contribution < -0.4 is 10.5 Å². The molecule has 0 spiro atoms. The molecule has 2 aromatic carbocycles. The highest BCUT2D eigenvalue weighted by molar-refractivity contribution is 9.10. The minimum atomic E-state index is -0.264. The van der Waals surface area contributed by atoms with Crippen molar-refractivity contribution in [2.24, 2.45) is 5.73 Å². The molecule has 0 aliphatic heterocycles. The topological polar surface area (TPSA) is 59.0 Å². The standard InChI is InChI=1S/C17H17BrN2O/c1-2-16(20)17(14-8-3-4-9-15(14)18)21-13-7-5-6-12(10-13)11-19/h3-10,16-17H,2,20H2,1H3. The van der Waals surface area contributed by atoms with Crippen LogP contribution in [0.25, 0.3) is 0 Å². The quantitative estimate of drug-likeness (QED) is 0.884. The third kappa shape index (κ3) is 3.84. The molecule has 0 amide bonds. The molecule has 3 nitrogen and oxygen atoms in total. The number of ether oxygens (including phenoxy) is 1. The van der Waals surface area contributed by atoms with E-state index in [1.165, 1.54) is 0 Å². The first-order valence-corrected chi connectivity index (χ1v) is 7.61. The van der Waals surface area contributed by atoms with Gasteiger partial charge in [0.15, 0.2) is 0 Å². The zero-order valence-electron chi connectivity index (χ0n) is 11.8. The Morgan fingerprint density at radius 2 is 2.00 bits per heavy atom. The van der Waals surface area contributed by atoms with E-state index in [2.05, 4.69) is 22.0 Å². The summed E-state index contributed by atoms with van der Waals surface area (Å²) in [6, 6.07) is 17.0. The molecular formula is C17H17BrN2O. The van der Waals surface area contributed by atoms with Gasteiger partial charge in [0.05, 0.1) is 11.6 Å². The lowest BCUT2D eigenvalue weighted by molar-refractivity contribution is 0.170. The van der Waals surface area contributed by atoms with Crippen molar-refractivity contribution >= 4 is 15.9 Å². The van der Waals surface area contributed by atoms with E-state index in [4.69, 9.17) is 15.7 Å². The molecule has 2 unspecified atom stereocenters. The molecule has 108 valence electrons. The monoisotopic (exact) mass is 344 g/mol. The molecule has 0 fully saturated rings. The third-order valence-electron chi connectivity index (χ3n) is 3.30. The first-order valence-electron chi connectivity index (χ1n) is 6.82. The molecule has 21 heavy (non-hydrogen) atoms. The van der Waals surface area contributed by atoms with Gasteiger partial charge in [0.25, 0.3) is 0 Å². The van der Waals surface area contributed by atoms with Crippen LogP contribution in [-0.2, 0) is 0 Å². The van der Waals surface area contributed by atoms with Gasteiger partial charge in [0, 0.05) is 16.1 Å². The van der Waals surface area contributed by atoms with Crippen molar-refractivity contribution < 1.29 is 4.74 Å². The molecule has 0 saturated carbocycles. The molecule has 0 saturated heterocycles. The Morgan fingerprint density at radius 1 is 1.24 bits per heavy atom. The summed E-state index contributed by atoms with van der Waals surface area (Å²) in [5.41, 5.74) is 7.81. The molecule has 0 bridgehead atoms. The first-order chi connectivity index (χ1) is 10.2. The maximum absolute atomic E-state index is 8.97. The molecule has 0 radical (unpaired) electrons. The summed E-state index contributed by atoms with van der Waals surface area (Å²) >= 11 is 3.55. The van der Waals surface area contributed by atoms with Crippen LogP contribution in [0.1, 0.15) is 30.6 Å². The molecule has 0 aromatic heterocycles. The predicted molar refractivity (Wildman–Crippen MR) is 86.9 cm³/mol. The molecule has 2 aromatic rings. The van der Waals surface area contributed by atoms with E-state index in [1.807, 2.05) is 43.3 Å². The van der Waals surface area contributed by atoms with E-state index in [0.717, 1.165) is 16.5 Å². The number of rotatable bonds is 5. The molecule has 0 aliphatic carbocycles. The number of hydrogen-bond donors (Lipinski definition) is 1. The normalized spacial score (nSPS) is 13.2. The SMILES string of the molecule is CCC(N)C(Oc1cccc(C#N)c1)c1ccccc1Br. The van der Waals surface area contributed by atoms with Crippen LogP contribution in [0.4, 0.5) is 0 Å². The van der Waals surface area contributed by atoms with Gasteiger partial charge in [-0.3, -0.25) is 0 Å². The Hall–Kier alpha value is -1.83. The van der Waals surface area contributed by atoms with Gasteiger partial charge in [0.1, 0.15) is 11.9 Å². The average Bonchev–Trinajstić information content (AvgIpc) is 2.53. The molecule has 0 heterocycles. The van der Waals surface area contributed by atoms with E-state index in [-0.39, 0.29) is 12.1 Å². The molecule has 2 N–H and O–H groups in total. The fourth-order valence-electron chi connectivity index (χ4n) is 2.09. The summed E-state index contributed by atoms with van der Waals surface area (Å²) in [5, 5.41) is 8.97. The summed E-state index contributed by atoms with van der Waals surface area (Å²) in [6.07, 6.45) is 0.531. The van der Waals surface area contributed by atoms with Crippen LogP contribution in [0.15, 0.2) is 53.0 Å². The van der Waals surface area contributed by atoms with Gasteiger partial charge in [-0.05, 0) is 30.7 Å². The van der Waals surface area contributed by atoms with Crippen LogP contribution in [0.3, 0.4) is 0 Å². The van der Waals surface area contributed by atoms with Gasteiger partial charge < -0.3 is 10.5 Å². The number of nitriles is 1. The van der Waals surface area contributed by atoms with E-state index in [9.17, 15) is 0 Å². The van der Waals surface area contributed by atoms with Gasteiger partial charge in [-0.1, -0.05) is 47.1 Å². The van der Waals surface area contributed by atoms with Gasteiger partial charge >= 0.3 is 0 Å². The maximum atomic E-state index is 8.97. The van der Waals surface area contributed by atoms with Crippen molar-refractivity contribution in [2.45, 2.75) is 25.5 Å². The fourth-order valence-corrected chi connectivity index (χ4v) is 2.60. The minimum absolute atomic E-state index is 0.130. The number of halogens is 1. The number of benzene rings is 2. The van der Waals surface area contributed by atoms with E-state index < -0.39 is 0 Å². The Labute approximate surface area is 133 Å². The summed E-state index contributed by atoms with van der Waals surface area (Å²) in [4.78, 5) is 0. The van der Waals surface area contributed by atoms with Crippen molar-refractivity contribution in [2.75, 3.05) is 0 Å². The number of nitrogens with zero attached hydrogens (tertiary/aromatic N) is 1. The maximum Gasteiger partial charge on any atom is 0.140 e. The zero-order chi connectivity index (χ0) is 15.2. The second-order valence-electron chi connectivity index (χ2n) is 4.77. The highest BCUT2D eigenvalue weighted by atomic mass is 79.9. The zero-order valence-corrected chi connectivity index (χ0v) is 13.4. The van der Waals surface area contributed by atoms with Crippen molar-refractivity contribution in [1.82, 2.24) is 0 Å². The molecule has 0 aliphatic rings. The summed E-state index contributed by atoms with van der Waals surface area (Å²) in [5.74, 6) is 0.652. The fraction of sp³-hybridized carbons (Fsp3) is 0.235.